The number of hydrogen-bond acceptors (Lipinski definition) is 5. The highest BCUT2D eigenvalue weighted by Crippen LogP contribution is 2.37. The number of aryl methyl sites for hydroxylation is 2. The Hall–Kier alpha value is -1.93. The summed E-state index contributed by atoms with van der Waals surface area (Å²) in [5, 5.41) is 3.77. The molecule has 0 unspecified atom stereocenters. The van der Waals surface area contributed by atoms with Gasteiger partial charge in [0.2, 0.25) is 10.0 Å². The zero-order valence-corrected chi connectivity index (χ0v) is 14.4. The molecule has 2 aliphatic rings. The van der Waals surface area contributed by atoms with Gasteiger partial charge in [-0.15, -0.1) is 0 Å². The molecule has 7 nitrogen and oxygen atoms in total. The maximum absolute atomic E-state index is 13.1. The van der Waals surface area contributed by atoms with Crippen LogP contribution in [0, 0.1) is 19.8 Å². The zero-order valence-electron chi connectivity index (χ0n) is 13.6. The summed E-state index contributed by atoms with van der Waals surface area (Å²) in [4.78, 5) is 12.2. The number of piperidine rings is 1. The van der Waals surface area contributed by atoms with Gasteiger partial charge >= 0.3 is 0 Å². The van der Waals surface area contributed by atoms with E-state index in [1.165, 1.54) is 4.31 Å². The first-order chi connectivity index (χ1) is 11.4. The van der Waals surface area contributed by atoms with Gasteiger partial charge in [-0.05, 0) is 32.3 Å². The third kappa shape index (κ3) is 2.24. The van der Waals surface area contributed by atoms with Crippen molar-refractivity contribution in [3.63, 3.8) is 0 Å². The van der Waals surface area contributed by atoms with E-state index < -0.39 is 10.0 Å². The molecule has 0 amide bonds. The molecule has 0 N–H and O–H groups in total. The van der Waals surface area contributed by atoms with Crippen LogP contribution in [0.5, 0.6) is 0 Å². The molecule has 2 aromatic heterocycles. The van der Waals surface area contributed by atoms with Crippen molar-refractivity contribution in [2.24, 2.45) is 5.92 Å². The first-order valence-electron chi connectivity index (χ1n) is 8.00. The predicted octanol–water partition coefficient (Wildman–Crippen LogP) is 1.26. The molecule has 2 atom stereocenters. The van der Waals surface area contributed by atoms with Crippen molar-refractivity contribution in [1.82, 2.24) is 14.0 Å². The van der Waals surface area contributed by atoms with Crippen LogP contribution < -0.4 is 5.56 Å². The van der Waals surface area contributed by atoms with Crippen LogP contribution in [-0.4, -0.2) is 35.5 Å². The van der Waals surface area contributed by atoms with Crippen LogP contribution in [-0.2, 0) is 16.6 Å². The molecular formula is C16H19N3O4S. The van der Waals surface area contributed by atoms with Crippen LogP contribution in [0.3, 0.4) is 0 Å². The average molecular weight is 349 g/mol. The van der Waals surface area contributed by atoms with Gasteiger partial charge in [0.25, 0.3) is 5.56 Å². The van der Waals surface area contributed by atoms with E-state index in [0.29, 0.717) is 31.1 Å². The molecule has 1 fully saturated rings. The summed E-state index contributed by atoms with van der Waals surface area (Å²) < 4.78 is 34.5. The third-order valence-corrected chi connectivity index (χ3v) is 7.09. The van der Waals surface area contributed by atoms with Gasteiger partial charge in [-0.3, -0.25) is 4.79 Å². The van der Waals surface area contributed by atoms with Crippen molar-refractivity contribution in [1.29, 1.82) is 0 Å². The predicted molar refractivity (Wildman–Crippen MR) is 86.3 cm³/mol. The second kappa shape index (κ2) is 5.29. The molecule has 4 heterocycles. The summed E-state index contributed by atoms with van der Waals surface area (Å²) >= 11 is 0. The van der Waals surface area contributed by atoms with Crippen LogP contribution in [0.1, 0.15) is 29.5 Å². The van der Waals surface area contributed by atoms with Crippen molar-refractivity contribution in [2.45, 2.75) is 37.6 Å². The van der Waals surface area contributed by atoms with Gasteiger partial charge in [0.15, 0.2) is 5.76 Å². The Morgan fingerprint density at radius 1 is 1.21 bits per heavy atom. The van der Waals surface area contributed by atoms with Gasteiger partial charge < -0.3 is 9.09 Å². The summed E-state index contributed by atoms with van der Waals surface area (Å²) in [5.41, 5.74) is 1.31. The summed E-state index contributed by atoms with van der Waals surface area (Å²) in [5.74, 6) is 0.507. The molecule has 1 saturated heterocycles. The molecule has 0 spiro atoms. The van der Waals surface area contributed by atoms with Gasteiger partial charge in [-0.1, -0.05) is 11.2 Å². The van der Waals surface area contributed by atoms with Crippen molar-refractivity contribution in [3.05, 3.63) is 45.7 Å². The Balaban J connectivity index is 1.73. The van der Waals surface area contributed by atoms with E-state index in [-0.39, 0.29) is 22.3 Å². The maximum atomic E-state index is 13.1. The number of fused-ring (bicyclic) bond motifs is 4. The van der Waals surface area contributed by atoms with E-state index in [0.717, 1.165) is 12.1 Å². The van der Waals surface area contributed by atoms with Crippen LogP contribution in [0.4, 0.5) is 0 Å². The summed E-state index contributed by atoms with van der Waals surface area (Å²) in [6.45, 7) is 4.63. The molecule has 0 aliphatic carbocycles. The number of rotatable bonds is 2. The Bertz CT molecular complexity index is 940. The average Bonchev–Trinajstić information content (AvgIpc) is 2.88. The van der Waals surface area contributed by atoms with Gasteiger partial charge in [0.1, 0.15) is 10.6 Å². The van der Waals surface area contributed by atoms with Crippen molar-refractivity contribution in [3.8, 4) is 0 Å². The molecule has 2 aromatic rings. The molecule has 0 aromatic carbocycles. The Labute approximate surface area is 139 Å². The Morgan fingerprint density at radius 3 is 2.71 bits per heavy atom. The largest absolute Gasteiger partial charge is 0.360 e. The van der Waals surface area contributed by atoms with Crippen molar-refractivity contribution < 1.29 is 12.9 Å². The van der Waals surface area contributed by atoms with Crippen molar-refractivity contribution >= 4 is 10.0 Å². The van der Waals surface area contributed by atoms with Gasteiger partial charge in [-0.25, -0.2) is 8.42 Å². The minimum atomic E-state index is -3.65. The molecule has 2 aliphatic heterocycles. The lowest BCUT2D eigenvalue weighted by Crippen LogP contribution is -2.49. The fourth-order valence-electron chi connectivity index (χ4n) is 4.02. The Kier molecular flexibility index (Phi) is 3.43. The third-order valence-electron chi connectivity index (χ3n) is 5.01. The topological polar surface area (TPSA) is 85.4 Å². The SMILES string of the molecule is Cc1noc(C)c1S(=O)(=O)N1C[C@H]2C[C@H](C1)c1cccc(=O)n1C2. The molecule has 8 heteroatoms. The first kappa shape index (κ1) is 15.6. The standard InChI is InChI=1S/C16H19N3O4S/c1-10-16(11(2)23-17-10)24(21,22)18-7-12-6-13(9-18)14-4-3-5-15(20)19(14)8-12/h3-5,12-13H,6-9H2,1-2H3/t12-,13-/m1/s1. The monoisotopic (exact) mass is 349 g/mol. The van der Waals surface area contributed by atoms with E-state index in [9.17, 15) is 13.2 Å². The lowest BCUT2D eigenvalue weighted by Gasteiger charge is -2.41. The molecule has 2 bridgehead atoms. The highest BCUT2D eigenvalue weighted by molar-refractivity contribution is 7.89. The van der Waals surface area contributed by atoms with Gasteiger partial charge in [0.05, 0.1) is 0 Å². The molecule has 0 radical (unpaired) electrons. The lowest BCUT2D eigenvalue weighted by atomic mass is 9.84. The second-order valence-corrected chi connectivity index (χ2v) is 8.55. The summed E-state index contributed by atoms with van der Waals surface area (Å²) in [7, 11) is -3.65. The molecule has 4 rings (SSSR count). The minimum absolute atomic E-state index is 0.00997. The molecular weight excluding hydrogens is 330 g/mol. The van der Waals surface area contributed by atoms with Crippen LogP contribution in [0.15, 0.2) is 32.4 Å². The number of pyridine rings is 1. The van der Waals surface area contributed by atoms with E-state index in [1.54, 1.807) is 30.5 Å². The van der Waals surface area contributed by atoms with Crippen LogP contribution in [0.2, 0.25) is 0 Å². The van der Waals surface area contributed by atoms with Crippen LogP contribution in [0.25, 0.3) is 0 Å². The Morgan fingerprint density at radius 2 is 2.00 bits per heavy atom. The lowest BCUT2D eigenvalue weighted by molar-refractivity contribution is 0.186. The fourth-order valence-corrected chi connectivity index (χ4v) is 5.87. The minimum Gasteiger partial charge on any atom is -0.360 e. The fraction of sp³-hybridized carbons (Fsp3) is 0.500. The quantitative estimate of drug-likeness (QED) is 0.815. The van der Waals surface area contributed by atoms with E-state index in [4.69, 9.17) is 4.52 Å². The zero-order chi connectivity index (χ0) is 17.1. The molecule has 0 saturated carbocycles. The summed E-state index contributed by atoms with van der Waals surface area (Å²) in [6, 6.07) is 5.23. The van der Waals surface area contributed by atoms with E-state index in [2.05, 4.69) is 5.16 Å². The highest BCUT2D eigenvalue weighted by Gasteiger charge is 2.41. The second-order valence-electron chi connectivity index (χ2n) is 6.67. The molecule has 128 valence electrons. The number of aromatic nitrogens is 2. The van der Waals surface area contributed by atoms with E-state index in [1.807, 2.05) is 6.07 Å². The van der Waals surface area contributed by atoms with Gasteiger partial charge in [-0.2, -0.15) is 4.31 Å². The highest BCUT2D eigenvalue weighted by atomic mass is 32.2. The first-order valence-corrected chi connectivity index (χ1v) is 9.44. The normalized spacial score (nSPS) is 23.9. The van der Waals surface area contributed by atoms with Crippen molar-refractivity contribution in [2.75, 3.05) is 13.1 Å². The van der Waals surface area contributed by atoms with Crippen LogP contribution >= 0.6 is 0 Å². The smallest absolute Gasteiger partial charge is 0.250 e. The number of sulfonamides is 1. The van der Waals surface area contributed by atoms with E-state index >= 15 is 0 Å². The maximum Gasteiger partial charge on any atom is 0.250 e. The number of hydrogen-bond donors (Lipinski definition) is 0. The number of nitrogens with zero attached hydrogens (tertiary/aromatic N) is 3. The van der Waals surface area contributed by atoms with Gasteiger partial charge in [0, 0.05) is 37.3 Å². The summed E-state index contributed by atoms with van der Waals surface area (Å²) in [6.07, 6.45) is 0.914. The molecule has 24 heavy (non-hydrogen) atoms.